The van der Waals surface area contributed by atoms with Gasteiger partial charge in [0.25, 0.3) is 0 Å². The van der Waals surface area contributed by atoms with Crippen LogP contribution in [0.3, 0.4) is 0 Å². The minimum atomic E-state index is -0.0709. The third-order valence-corrected chi connectivity index (χ3v) is 4.54. The van der Waals surface area contributed by atoms with E-state index in [0.717, 1.165) is 23.4 Å². The van der Waals surface area contributed by atoms with E-state index in [-0.39, 0.29) is 6.03 Å². The molecule has 0 saturated carbocycles. The fourth-order valence-electron chi connectivity index (χ4n) is 2.66. The summed E-state index contributed by atoms with van der Waals surface area (Å²) in [5.74, 6) is 1.42. The Morgan fingerprint density at radius 3 is 2.70 bits per heavy atom. The van der Waals surface area contributed by atoms with Crippen LogP contribution < -0.4 is 14.8 Å². The van der Waals surface area contributed by atoms with Crippen LogP contribution in [0.4, 0.5) is 4.79 Å². The molecule has 0 saturated heterocycles. The molecule has 0 atom stereocenters. The number of carbonyl (C=O) groups is 1. The molecule has 1 aliphatic rings. The molecule has 6 nitrogen and oxygen atoms in total. The first-order valence-corrected chi connectivity index (χ1v) is 8.29. The van der Waals surface area contributed by atoms with Gasteiger partial charge in [-0.05, 0) is 29.7 Å². The minimum absolute atomic E-state index is 0.0709. The molecule has 0 spiro atoms. The fourth-order valence-corrected chi connectivity index (χ4v) is 3.22. The molecule has 0 radical (unpaired) electrons. The van der Waals surface area contributed by atoms with Crippen LogP contribution in [0.1, 0.15) is 16.8 Å². The number of ether oxygens (including phenoxy) is 2. The maximum absolute atomic E-state index is 12.3. The normalized spacial score (nSPS) is 13.4. The predicted octanol–water partition coefficient (Wildman–Crippen LogP) is 2.43. The lowest BCUT2D eigenvalue weighted by atomic mass is 9.99. The minimum Gasteiger partial charge on any atom is -0.493 e. The van der Waals surface area contributed by atoms with Gasteiger partial charge in [0.05, 0.1) is 32.0 Å². The standard InChI is InChI=1S/C16H19N3O3S/c1-21-14-5-11-3-4-19(8-12(11)6-15(14)22-2)16(20)17-7-13-9-23-10-18-13/h5-6,9-10H,3-4,7-8H2,1-2H3,(H,17,20). The van der Waals surface area contributed by atoms with Gasteiger partial charge in [-0.15, -0.1) is 11.3 Å². The van der Waals surface area contributed by atoms with E-state index >= 15 is 0 Å². The number of aromatic nitrogens is 1. The molecule has 23 heavy (non-hydrogen) atoms. The molecule has 2 amide bonds. The molecule has 2 aromatic rings. The molecule has 0 unspecified atom stereocenters. The number of nitrogens with one attached hydrogen (secondary N) is 1. The Morgan fingerprint density at radius 1 is 1.30 bits per heavy atom. The topological polar surface area (TPSA) is 63.7 Å². The van der Waals surface area contributed by atoms with Gasteiger partial charge in [0.1, 0.15) is 0 Å². The maximum atomic E-state index is 12.3. The molecular weight excluding hydrogens is 314 g/mol. The molecule has 3 rings (SSSR count). The molecule has 1 N–H and O–H groups in total. The smallest absolute Gasteiger partial charge is 0.318 e. The summed E-state index contributed by atoms with van der Waals surface area (Å²) in [6.07, 6.45) is 0.805. The van der Waals surface area contributed by atoms with Crippen LogP contribution in [0.5, 0.6) is 11.5 Å². The second-order valence-corrected chi connectivity index (χ2v) is 6.00. The van der Waals surface area contributed by atoms with Gasteiger partial charge in [-0.1, -0.05) is 0 Å². The Hall–Kier alpha value is -2.28. The lowest BCUT2D eigenvalue weighted by Gasteiger charge is -2.29. The van der Waals surface area contributed by atoms with Crippen molar-refractivity contribution in [2.24, 2.45) is 0 Å². The van der Waals surface area contributed by atoms with Crippen LogP contribution >= 0.6 is 11.3 Å². The number of fused-ring (bicyclic) bond motifs is 1. The Labute approximate surface area is 139 Å². The highest BCUT2D eigenvalue weighted by atomic mass is 32.1. The van der Waals surface area contributed by atoms with Crippen molar-refractivity contribution in [1.29, 1.82) is 0 Å². The van der Waals surface area contributed by atoms with Gasteiger partial charge in [-0.25, -0.2) is 9.78 Å². The summed E-state index contributed by atoms with van der Waals surface area (Å²) >= 11 is 1.52. The first-order chi connectivity index (χ1) is 11.2. The Bertz CT molecular complexity index is 688. The van der Waals surface area contributed by atoms with Crippen molar-refractivity contribution in [1.82, 2.24) is 15.2 Å². The molecule has 1 aromatic carbocycles. The Morgan fingerprint density at radius 2 is 2.04 bits per heavy atom. The first kappa shape index (κ1) is 15.6. The average Bonchev–Trinajstić information content (AvgIpc) is 3.11. The van der Waals surface area contributed by atoms with Gasteiger partial charge in [-0.3, -0.25) is 0 Å². The molecule has 1 aromatic heterocycles. The summed E-state index contributed by atoms with van der Waals surface area (Å²) in [6, 6.07) is 3.88. The van der Waals surface area contributed by atoms with Crippen molar-refractivity contribution in [2.75, 3.05) is 20.8 Å². The zero-order valence-electron chi connectivity index (χ0n) is 13.2. The summed E-state index contributed by atoms with van der Waals surface area (Å²) in [5, 5.41) is 4.85. The lowest BCUT2D eigenvalue weighted by Crippen LogP contribution is -2.42. The van der Waals surface area contributed by atoms with Crippen molar-refractivity contribution >= 4 is 17.4 Å². The van der Waals surface area contributed by atoms with Crippen molar-refractivity contribution in [3.8, 4) is 11.5 Å². The number of hydrogen-bond donors (Lipinski definition) is 1. The molecule has 2 heterocycles. The molecule has 122 valence electrons. The number of benzene rings is 1. The maximum Gasteiger partial charge on any atom is 0.318 e. The number of urea groups is 1. The highest BCUT2D eigenvalue weighted by Gasteiger charge is 2.22. The van der Waals surface area contributed by atoms with E-state index < -0.39 is 0 Å². The van der Waals surface area contributed by atoms with Crippen LogP contribution in [0.15, 0.2) is 23.0 Å². The van der Waals surface area contributed by atoms with E-state index in [4.69, 9.17) is 9.47 Å². The zero-order chi connectivity index (χ0) is 16.2. The molecule has 7 heteroatoms. The molecular formula is C16H19N3O3S. The number of methoxy groups -OCH3 is 2. The van der Waals surface area contributed by atoms with Gasteiger partial charge in [-0.2, -0.15) is 0 Å². The van der Waals surface area contributed by atoms with Crippen LogP contribution in [-0.2, 0) is 19.5 Å². The number of carbonyl (C=O) groups excluding carboxylic acids is 1. The fraction of sp³-hybridized carbons (Fsp3) is 0.375. The Balaban J connectivity index is 1.68. The summed E-state index contributed by atoms with van der Waals surface area (Å²) in [5.41, 5.74) is 4.94. The van der Waals surface area contributed by atoms with Gasteiger partial charge in [0.2, 0.25) is 0 Å². The van der Waals surface area contributed by atoms with E-state index in [2.05, 4.69) is 10.3 Å². The van der Waals surface area contributed by atoms with Crippen molar-refractivity contribution in [3.63, 3.8) is 0 Å². The quantitative estimate of drug-likeness (QED) is 0.933. The van der Waals surface area contributed by atoms with E-state index in [9.17, 15) is 4.79 Å². The van der Waals surface area contributed by atoms with E-state index in [1.807, 2.05) is 17.5 Å². The van der Waals surface area contributed by atoms with Gasteiger partial charge < -0.3 is 19.7 Å². The van der Waals surface area contributed by atoms with Gasteiger partial charge >= 0.3 is 6.03 Å². The summed E-state index contributed by atoms with van der Waals surface area (Å²) in [6.45, 7) is 1.71. The number of rotatable bonds is 4. The molecule has 0 bridgehead atoms. The van der Waals surface area contributed by atoms with E-state index in [1.54, 1.807) is 24.6 Å². The molecule has 0 aliphatic carbocycles. The number of nitrogens with zero attached hydrogens (tertiary/aromatic N) is 2. The number of thiazole rings is 1. The Kier molecular flexibility index (Phi) is 4.66. The average molecular weight is 333 g/mol. The summed E-state index contributed by atoms with van der Waals surface area (Å²) in [4.78, 5) is 18.3. The van der Waals surface area contributed by atoms with E-state index in [1.165, 1.54) is 16.9 Å². The largest absolute Gasteiger partial charge is 0.493 e. The molecule has 1 aliphatic heterocycles. The van der Waals surface area contributed by atoms with Crippen LogP contribution in [0, 0.1) is 0 Å². The zero-order valence-corrected chi connectivity index (χ0v) is 14.0. The highest BCUT2D eigenvalue weighted by Crippen LogP contribution is 2.33. The van der Waals surface area contributed by atoms with Crippen molar-refractivity contribution < 1.29 is 14.3 Å². The SMILES string of the molecule is COc1cc2c(cc1OC)CN(C(=O)NCc1cscn1)CC2. The van der Waals surface area contributed by atoms with Gasteiger partial charge in [0, 0.05) is 18.5 Å². The number of amides is 2. The summed E-state index contributed by atoms with van der Waals surface area (Å²) in [7, 11) is 3.25. The second kappa shape index (κ2) is 6.87. The second-order valence-electron chi connectivity index (χ2n) is 5.29. The predicted molar refractivity (Wildman–Crippen MR) is 88.0 cm³/mol. The van der Waals surface area contributed by atoms with Crippen molar-refractivity contribution in [2.45, 2.75) is 19.5 Å². The van der Waals surface area contributed by atoms with Crippen LogP contribution in [0.25, 0.3) is 0 Å². The monoisotopic (exact) mass is 333 g/mol. The first-order valence-electron chi connectivity index (χ1n) is 7.35. The summed E-state index contributed by atoms with van der Waals surface area (Å²) < 4.78 is 10.7. The molecule has 0 fully saturated rings. The highest BCUT2D eigenvalue weighted by molar-refractivity contribution is 7.07. The lowest BCUT2D eigenvalue weighted by molar-refractivity contribution is 0.191. The van der Waals surface area contributed by atoms with Crippen LogP contribution in [-0.4, -0.2) is 36.7 Å². The third kappa shape index (κ3) is 3.39. The third-order valence-electron chi connectivity index (χ3n) is 3.91. The van der Waals surface area contributed by atoms with Gasteiger partial charge in [0.15, 0.2) is 11.5 Å². The van der Waals surface area contributed by atoms with E-state index in [0.29, 0.717) is 25.4 Å². The van der Waals surface area contributed by atoms with Crippen LogP contribution in [0.2, 0.25) is 0 Å². The van der Waals surface area contributed by atoms with Crippen molar-refractivity contribution in [3.05, 3.63) is 39.8 Å². The number of hydrogen-bond acceptors (Lipinski definition) is 5.